The van der Waals surface area contributed by atoms with Crippen LogP contribution in [-0.2, 0) is 0 Å². The van der Waals surface area contributed by atoms with Crippen LogP contribution in [0.15, 0.2) is 29.8 Å². The van der Waals surface area contributed by atoms with Gasteiger partial charge in [-0.1, -0.05) is 25.0 Å². The Morgan fingerprint density at radius 3 is 2.45 bits per heavy atom. The molecular formula is C16H15F3N2O. The highest BCUT2D eigenvalue weighted by Crippen LogP contribution is 2.51. The summed E-state index contributed by atoms with van der Waals surface area (Å²) in [5.74, 6) is -1.31. The van der Waals surface area contributed by atoms with Gasteiger partial charge in [0.1, 0.15) is 11.3 Å². The van der Waals surface area contributed by atoms with Crippen molar-refractivity contribution >= 4 is 11.4 Å². The van der Waals surface area contributed by atoms with E-state index in [9.17, 15) is 23.5 Å². The average Bonchev–Trinajstić information content (AvgIpc) is 3.00. The van der Waals surface area contributed by atoms with E-state index in [1.54, 1.807) is 18.2 Å². The Labute approximate surface area is 126 Å². The number of hydrogen-bond acceptors (Lipinski definition) is 3. The Hall–Kier alpha value is -2.16. The number of nitrogens with zero attached hydrogens (tertiary/aromatic N) is 1. The van der Waals surface area contributed by atoms with E-state index < -0.39 is 29.0 Å². The summed E-state index contributed by atoms with van der Waals surface area (Å²) in [6.07, 6.45) is -2.11. The molecule has 0 bridgehead atoms. The van der Waals surface area contributed by atoms with Crippen molar-refractivity contribution in [3.63, 3.8) is 0 Å². The molecule has 0 aromatic heterocycles. The second kappa shape index (κ2) is 4.94. The second-order valence-corrected chi connectivity index (χ2v) is 5.79. The predicted octanol–water partition coefficient (Wildman–Crippen LogP) is 4.40. The first-order chi connectivity index (χ1) is 10.4. The van der Waals surface area contributed by atoms with Crippen LogP contribution in [-0.4, -0.2) is 16.8 Å². The Morgan fingerprint density at radius 1 is 1.23 bits per heavy atom. The van der Waals surface area contributed by atoms with Crippen molar-refractivity contribution in [1.82, 2.24) is 0 Å². The van der Waals surface area contributed by atoms with Gasteiger partial charge in [0.25, 0.3) is 0 Å². The number of hydrogen-bond donors (Lipinski definition) is 2. The minimum atomic E-state index is -4.77. The summed E-state index contributed by atoms with van der Waals surface area (Å²) in [4.78, 5) is 0. The summed E-state index contributed by atoms with van der Waals surface area (Å²) in [5, 5.41) is 22.7. The first kappa shape index (κ1) is 14.8. The van der Waals surface area contributed by atoms with Crippen molar-refractivity contribution in [3.05, 3.63) is 35.4 Å². The number of nitrogens with one attached hydrogen (secondary N) is 1. The molecule has 116 valence electrons. The van der Waals surface area contributed by atoms with E-state index in [-0.39, 0.29) is 5.56 Å². The van der Waals surface area contributed by atoms with Gasteiger partial charge in [0.15, 0.2) is 5.54 Å². The Balaban J connectivity index is 2.26. The number of anilines is 1. The fraction of sp³-hybridized carbons (Fsp3) is 0.438. The third kappa shape index (κ3) is 2.04. The molecule has 1 aliphatic heterocycles. The molecule has 2 aliphatic rings. The average molecular weight is 308 g/mol. The third-order valence-corrected chi connectivity index (χ3v) is 4.57. The van der Waals surface area contributed by atoms with Crippen LogP contribution in [0.5, 0.6) is 0 Å². The number of aliphatic hydroxyl groups excluding tert-OH is 1. The highest BCUT2D eigenvalue weighted by molar-refractivity contribution is 5.82. The largest absolute Gasteiger partial charge is 0.507 e. The summed E-state index contributed by atoms with van der Waals surface area (Å²) >= 11 is 0. The van der Waals surface area contributed by atoms with Crippen LogP contribution in [0, 0.1) is 17.2 Å². The lowest BCUT2D eigenvalue weighted by Gasteiger charge is -2.41. The molecule has 0 spiro atoms. The molecule has 3 rings (SSSR count). The summed E-state index contributed by atoms with van der Waals surface area (Å²) in [6.45, 7) is 0. The maximum atomic E-state index is 13.6. The van der Waals surface area contributed by atoms with Crippen LogP contribution < -0.4 is 5.32 Å². The number of rotatable bonds is 1. The molecule has 0 amide bonds. The molecule has 0 radical (unpaired) electrons. The highest BCUT2D eigenvalue weighted by Gasteiger charge is 2.57. The minimum absolute atomic E-state index is 0.0821. The Bertz CT molecular complexity index is 669. The standard InChI is InChI=1S/C16H15F3N2O/c17-16(18,19)14-13(22)11-7-3-4-8-12(11)21-15(14,9-20)10-5-1-2-6-10/h3-4,7-8,10,21-22H,1-2,5-6H2. The lowest BCUT2D eigenvalue weighted by Crippen LogP contribution is -2.51. The molecule has 22 heavy (non-hydrogen) atoms. The van der Waals surface area contributed by atoms with Crippen LogP contribution in [0.25, 0.3) is 5.76 Å². The molecule has 1 atom stereocenters. The van der Waals surface area contributed by atoms with Gasteiger partial charge in [-0.25, -0.2) is 0 Å². The van der Waals surface area contributed by atoms with Crippen LogP contribution >= 0.6 is 0 Å². The first-order valence-corrected chi connectivity index (χ1v) is 7.20. The monoisotopic (exact) mass is 308 g/mol. The van der Waals surface area contributed by atoms with Gasteiger partial charge in [-0.2, -0.15) is 18.4 Å². The van der Waals surface area contributed by atoms with E-state index in [1.165, 1.54) is 6.07 Å². The van der Waals surface area contributed by atoms with E-state index >= 15 is 0 Å². The number of para-hydroxylation sites is 1. The third-order valence-electron chi connectivity index (χ3n) is 4.57. The number of benzene rings is 1. The van der Waals surface area contributed by atoms with E-state index in [0.29, 0.717) is 18.5 Å². The zero-order valence-electron chi connectivity index (χ0n) is 11.7. The lowest BCUT2D eigenvalue weighted by atomic mass is 9.73. The van der Waals surface area contributed by atoms with Gasteiger partial charge in [0.05, 0.1) is 6.07 Å². The molecule has 1 aromatic rings. The van der Waals surface area contributed by atoms with E-state index in [2.05, 4.69) is 5.32 Å². The molecule has 2 N–H and O–H groups in total. The molecule has 6 heteroatoms. The van der Waals surface area contributed by atoms with Crippen LogP contribution in [0.1, 0.15) is 31.2 Å². The van der Waals surface area contributed by atoms with Crippen molar-refractivity contribution < 1.29 is 18.3 Å². The SMILES string of the molecule is N#CC1(C2CCCC2)Nc2ccccc2C(O)=C1C(F)(F)F. The Morgan fingerprint density at radius 2 is 1.86 bits per heavy atom. The maximum Gasteiger partial charge on any atom is 0.419 e. The van der Waals surface area contributed by atoms with Gasteiger partial charge < -0.3 is 10.4 Å². The molecule has 1 heterocycles. The lowest BCUT2D eigenvalue weighted by molar-refractivity contribution is -0.100. The Kier molecular flexibility index (Phi) is 3.32. The normalized spacial score (nSPS) is 25.5. The molecule has 1 fully saturated rings. The van der Waals surface area contributed by atoms with E-state index in [0.717, 1.165) is 12.8 Å². The van der Waals surface area contributed by atoms with Crippen molar-refractivity contribution in [2.24, 2.45) is 5.92 Å². The first-order valence-electron chi connectivity index (χ1n) is 7.20. The zero-order valence-corrected chi connectivity index (χ0v) is 11.7. The van der Waals surface area contributed by atoms with Crippen LogP contribution in [0.2, 0.25) is 0 Å². The van der Waals surface area contributed by atoms with Crippen LogP contribution in [0.3, 0.4) is 0 Å². The highest BCUT2D eigenvalue weighted by atomic mass is 19.4. The molecule has 3 nitrogen and oxygen atoms in total. The summed E-state index contributed by atoms with van der Waals surface area (Å²) in [6, 6.07) is 8.05. The summed E-state index contributed by atoms with van der Waals surface area (Å²) in [5.41, 5.74) is -2.64. The van der Waals surface area contributed by atoms with Gasteiger partial charge in [-0.15, -0.1) is 0 Å². The van der Waals surface area contributed by atoms with Gasteiger partial charge >= 0.3 is 6.18 Å². The molecule has 0 saturated heterocycles. The van der Waals surface area contributed by atoms with Crippen molar-refractivity contribution in [3.8, 4) is 6.07 Å². The molecule has 1 aromatic carbocycles. The van der Waals surface area contributed by atoms with Crippen LogP contribution in [0.4, 0.5) is 18.9 Å². The van der Waals surface area contributed by atoms with E-state index in [1.807, 2.05) is 6.07 Å². The number of nitriles is 1. The fourth-order valence-corrected chi connectivity index (χ4v) is 3.59. The topological polar surface area (TPSA) is 56.0 Å². The van der Waals surface area contributed by atoms with Gasteiger partial charge in [0.2, 0.25) is 0 Å². The van der Waals surface area contributed by atoms with Crippen molar-refractivity contribution in [1.29, 1.82) is 5.26 Å². The number of fused-ring (bicyclic) bond motifs is 1. The predicted molar refractivity (Wildman–Crippen MR) is 76.0 cm³/mol. The van der Waals surface area contributed by atoms with Crippen molar-refractivity contribution in [2.75, 3.05) is 5.32 Å². The van der Waals surface area contributed by atoms with Crippen molar-refractivity contribution in [2.45, 2.75) is 37.4 Å². The maximum absolute atomic E-state index is 13.6. The smallest absolute Gasteiger partial charge is 0.419 e. The summed E-state index contributed by atoms with van der Waals surface area (Å²) in [7, 11) is 0. The van der Waals surface area contributed by atoms with Gasteiger partial charge in [0, 0.05) is 11.3 Å². The van der Waals surface area contributed by atoms with Gasteiger partial charge in [-0.3, -0.25) is 0 Å². The molecule has 1 saturated carbocycles. The number of halogens is 3. The number of alkyl halides is 3. The fourth-order valence-electron chi connectivity index (χ4n) is 3.59. The second-order valence-electron chi connectivity index (χ2n) is 5.79. The summed E-state index contributed by atoms with van der Waals surface area (Å²) < 4.78 is 40.8. The molecular weight excluding hydrogens is 293 g/mol. The van der Waals surface area contributed by atoms with E-state index in [4.69, 9.17) is 0 Å². The zero-order chi connectivity index (χ0) is 16.0. The molecule has 1 aliphatic carbocycles. The van der Waals surface area contributed by atoms with Gasteiger partial charge in [-0.05, 0) is 30.9 Å². The molecule has 1 unspecified atom stereocenters. The quantitative estimate of drug-likeness (QED) is 0.808. The minimum Gasteiger partial charge on any atom is -0.507 e. The number of aliphatic hydroxyl groups is 1.